The first kappa shape index (κ1) is 14.8. The van der Waals surface area contributed by atoms with Crippen molar-refractivity contribution in [3.63, 3.8) is 0 Å². The maximum atomic E-state index is 10.7. The number of phenols is 1. The van der Waals surface area contributed by atoms with Crippen LogP contribution in [0.2, 0.25) is 0 Å². The molecule has 128 valence electrons. The minimum Gasteiger partial charge on any atom is -0.504 e. The summed E-state index contributed by atoms with van der Waals surface area (Å²) < 4.78 is 7.26. The van der Waals surface area contributed by atoms with Crippen LogP contribution in [-0.4, -0.2) is 53.1 Å². The molecule has 1 aromatic rings. The molecule has 0 aromatic heterocycles. The van der Waals surface area contributed by atoms with Crippen molar-refractivity contribution in [2.75, 3.05) is 20.1 Å². The minimum atomic E-state index is -0.434. The van der Waals surface area contributed by atoms with E-state index in [4.69, 9.17) is 4.74 Å². The van der Waals surface area contributed by atoms with Crippen LogP contribution < -0.4 is 4.74 Å². The molecule has 5 rings (SSSR count). The molecule has 1 saturated carbocycles. The highest BCUT2D eigenvalue weighted by Crippen LogP contribution is 2.64. The van der Waals surface area contributed by atoms with Crippen LogP contribution in [0.3, 0.4) is 0 Å². The molecule has 0 amide bonds. The summed E-state index contributed by atoms with van der Waals surface area (Å²) in [6.45, 7) is 6.06. The largest absolute Gasteiger partial charge is 0.504 e. The quantitative estimate of drug-likeness (QED) is 0.646. The Labute approximate surface area is 142 Å². The van der Waals surface area contributed by atoms with Gasteiger partial charge in [-0.25, -0.2) is 0 Å². The van der Waals surface area contributed by atoms with Crippen LogP contribution in [0.25, 0.3) is 0 Å². The Morgan fingerprint density at radius 3 is 3.04 bits per heavy atom. The SMILES string of the molecule is C=CC[N+]1(C)CC[C@@]23c4c5ccc(O)c4OC2[C@H](O)CCC3C1C5. The summed E-state index contributed by atoms with van der Waals surface area (Å²) in [4.78, 5) is 0. The van der Waals surface area contributed by atoms with Gasteiger partial charge in [0.05, 0.1) is 37.7 Å². The first-order chi connectivity index (χ1) is 11.5. The second-order valence-corrected chi connectivity index (χ2v) is 8.47. The third-order valence-corrected chi connectivity index (χ3v) is 7.50. The van der Waals surface area contributed by atoms with E-state index < -0.39 is 6.10 Å². The summed E-state index contributed by atoms with van der Waals surface area (Å²) in [6.07, 6.45) is 5.32. The molecule has 1 aromatic carbocycles. The Kier molecular flexibility index (Phi) is 2.81. The van der Waals surface area contributed by atoms with Gasteiger partial charge in [-0.15, -0.1) is 0 Å². The highest BCUT2D eigenvalue weighted by atomic mass is 16.5. The summed E-state index contributed by atoms with van der Waals surface area (Å²) in [5.74, 6) is 1.40. The molecule has 2 heterocycles. The number of hydrogen-bond donors (Lipinski definition) is 2. The molecule has 4 unspecified atom stereocenters. The van der Waals surface area contributed by atoms with Crippen molar-refractivity contribution < 1.29 is 19.4 Å². The van der Waals surface area contributed by atoms with Crippen LogP contribution in [0, 0.1) is 5.92 Å². The molecule has 2 bridgehead atoms. The smallest absolute Gasteiger partial charge is 0.165 e. The standard InChI is InChI=1S/C20H25NO3/c1-3-9-21(2)10-8-20-13-5-7-16(23)19(20)24-18-15(22)6-4-12(17(18)20)11-14(13)21/h3-4,6,13-14,16,19,23H,1,5,7-11H2,2H3/p+1/t13?,14?,16-,19?,20-,21?/m1/s1. The van der Waals surface area contributed by atoms with Gasteiger partial charge >= 0.3 is 0 Å². The molecule has 2 aliphatic carbocycles. The number of hydrogen-bond acceptors (Lipinski definition) is 3. The van der Waals surface area contributed by atoms with Crippen LogP contribution in [-0.2, 0) is 11.8 Å². The highest BCUT2D eigenvalue weighted by Gasteiger charge is 2.68. The van der Waals surface area contributed by atoms with Crippen molar-refractivity contribution >= 4 is 0 Å². The van der Waals surface area contributed by atoms with Gasteiger partial charge in [0.25, 0.3) is 0 Å². The third kappa shape index (κ3) is 1.52. The molecule has 0 radical (unpaired) electrons. The predicted molar refractivity (Wildman–Crippen MR) is 91.2 cm³/mol. The molecule has 6 atom stereocenters. The number of rotatable bonds is 2. The van der Waals surface area contributed by atoms with Gasteiger partial charge in [-0.3, -0.25) is 0 Å². The molecule has 1 saturated heterocycles. The first-order valence-electron chi connectivity index (χ1n) is 9.16. The molecule has 2 N–H and O–H groups in total. The molecular formula is C20H26NO3+. The van der Waals surface area contributed by atoms with Crippen molar-refractivity contribution in [1.82, 2.24) is 0 Å². The van der Waals surface area contributed by atoms with E-state index >= 15 is 0 Å². The van der Waals surface area contributed by atoms with Crippen molar-refractivity contribution in [2.24, 2.45) is 5.92 Å². The maximum absolute atomic E-state index is 10.7. The Morgan fingerprint density at radius 1 is 1.42 bits per heavy atom. The van der Waals surface area contributed by atoms with Gasteiger partial charge in [0, 0.05) is 24.3 Å². The molecule has 2 aliphatic heterocycles. The van der Waals surface area contributed by atoms with Crippen LogP contribution >= 0.6 is 0 Å². The number of ether oxygens (including phenoxy) is 1. The molecule has 4 nitrogen and oxygen atoms in total. The monoisotopic (exact) mass is 328 g/mol. The number of quaternary nitrogens is 1. The van der Waals surface area contributed by atoms with Crippen LogP contribution in [0.15, 0.2) is 24.8 Å². The van der Waals surface area contributed by atoms with E-state index in [0.29, 0.717) is 17.7 Å². The van der Waals surface area contributed by atoms with Gasteiger partial charge < -0.3 is 19.4 Å². The maximum Gasteiger partial charge on any atom is 0.165 e. The van der Waals surface area contributed by atoms with Gasteiger partial charge in [0.2, 0.25) is 0 Å². The summed E-state index contributed by atoms with van der Waals surface area (Å²) >= 11 is 0. The zero-order chi connectivity index (χ0) is 16.7. The number of aromatic hydroxyl groups is 1. The lowest BCUT2D eigenvalue weighted by Gasteiger charge is -2.61. The Bertz CT molecular complexity index is 732. The summed E-state index contributed by atoms with van der Waals surface area (Å²) in [6, 6.07) is 4.39. The number of likely N-dealkylation sites (N-methyl/N-ethyl adjacent to an activating group) is 1. The number of nitrogens with zero attached hydrogens (tertiary/aromatic N) is 1. The fraction of sp³-hybridized carbons (Fsp3) is 0.600. The van der Waals surface area contributed by atoms with Crippen LogP contribution in [0.4, 0.5) is 0 Å². The lowest BCUT2D eigenvalue weighted by molar-refractivity contribution is -0.940. The number of aliphatic hydroxyl groups excluding tert-OH is 1. The van der Waals surface area contributed by atoms with E-state index in [1.807, 2.05) is 0 Å². The fourth-order valence-corrected chi connectivity index (χ4v) is 6.50. The molecule has 24 heavy (non-hydrogen) atoms. The number of aliphatic hydroxyl groups is 1. The minimum absolute atomic E-state index is 0.108. The fourth-order valence-electron chi connectivity index (χ4n) is 6.50. The van der Waals surface area contributed by atoms with Gasteiger partial charge in [-0.05, 0) is 30.5 Å². The zero-order valence-electron chi connectivity index (χ0n) is 14.2. The van der Waals surface area contributed by atoms with Gasteiger partial charge in [-0.1, -0.05) is 12.6 Å². The predicted octanol–water partition coefficient (Wildman–Crippen LogP) is 2.12. The lowest BCUT2D eigenvalue weighted by Crippen LogP contribution is -2.72. The summed E-state index contributed by atoms with van der Waals surface area (Å²) in [5, 5.41) is 21.0. The summed E-state index contributed by atoms with van der Waals surface area (Å²) in [7, 11) is 2.36. The molecule has 2 fully saturated rings. The average Bonchev–Trinajstić information content (AvgIpc) is 2.91. The Morgan fingerprint density at radius 2 is 2.25 bits per heavy atom. The second-order valence-electron chi connectivity index (χ2n) is 8.47. The van der Waals surface area contributed by atoms with E-state index in [1.165, 1.54) is 11.1 Å². The van der Waals surface area contributed by atoms with Crippen molar-refractivity contribution in [3.8, 4) is 11.5 Å². The van der Waals surface area contributed by atoms with E-state index in [-0.39, 0.29) is 17.3 Å². The van der Waals surface area contributed by atoms with Crippen molar-refractivity contribution in [3.05, 3.63) is 35.9 Å². The number of phenolic OH excluding ortho intramolecular Hbond substituents is 1. The van der Waals surface area contributed by atoms with Crippen molar-refractivity contribution in [2.45, 2.75) is 49.3 Å². The van der Waals surface area contributed by atoms with Gasteiger partial charge in [0.1, 0.15) is 6.10 Å². The summed E-state index contributed by atoms with van der Waals surface area (Å²) in [5.41, 5.74) is 2.43. The number of likely N-dealkylation sites (tertiary alicyclic amines) is 1. The highest BCUT2D eigenvalue weighted by molar-refractivity contribution is 5.60. The van der Waals surface area contributed by atoms with Crippen molar-refractivity contribution in [1.29, 1.82) is 0 Å². The topological polar surface area (TPSA) is 49.7 Å². The average molecular weight is 328 g/mol. The van der Waals surface area contributed by atoms with E-state index in [2.05, 4.69) is 25.8 Å². The molecule has 4 heteroatoms. The van der Waals surface area contributed by atoms with Gasteiger partial charge in [0.15, 0.2) is 11.5 Å². The molecule has 1 spiro atoms. The second kappa shape index (κ2) is 4.55. The van der Waals surface area contributed by atoms with E-state index in [9.17, 15) is 10.2 Å². The zero-order valence-corrected chi connectivity index (χ0v) is 14.2. The molecule has 4 aliphatic rings. The normalized spacial score (nSPS) is 44.6. The Hall–Kier alpha value is -1.52. The number of piperidine rings is 1. The van der Waals surface area contributed by atoms with E-state index in [0.717, 1.165) is 43.3 Å². The first-order valence-corrected chi connectivity index (χ1v) is 9.16. The Balaban J connectivity index is 1.75. The van der Waals surface area contributed by atoms with E-state index in [1.54, 1.807) is 6.07 Å². The van der Waals surface area contributed by atoms with Crippen LogP contribution in [0.5, 0.6) is 11.5 Å². The molecular weight excluding hydrogens is 302 g/mol. The third-order valence-electron chi connectivity index (χ3n) is 7.50. The number of benzene rings is 1. The van der Waals surface area contributed by atoms with Gasteiger partial charge in [-0.2, -0.15) is 0 Å². The van der Waals surface area contributed by atoms with Crippen LogP contribution in [0.1, 0.15) is 30.4 Å². The lowest BCUT2D eigenvalue weighted by atomic mass is 9.51.